The lowest BCUT2D eigenvalue weighted by atomic mass is 10.2. The molecule has 0 unspecified atom stereocenters. The predicted molar refractivity (Wildman–Crippen MR) is 102 cm³/mol. The summed E-state index contributed by atoms with van der Waals surface area (Å²) < 4.78 is 11.1. The minimum Gasteiger partial charge on any atom is -0.494 e. The van der Waals surface area contributed by atoms with Crippen molar-refractivity contribution in [3.8, 4) is 11.5 Å². The fourth-order valence-corrected chi connectivity index (χ4v) is 2.53. The zero-order chi connectivity index (χ0) is 18.1. The number of carbonyl (C=O) groups excluding carboxylic acids is 1. The predicted octanol–water partition coefficient (Wildman–Crippen LogP) is 3.95. The molecular weight excluding hydrogens is 316 g/mol. The highest BCUT2D eigenvalue weighted by atomic mass is 16.5. The SMILES string of the molecule is CCOc1ccc(OCC)c(NC(=O)CN(CC)c2ccccc2)c1. The maximum atomic E-state index is 12.5. The number of likely N-dealkylation sites (N-methyl/N-ethyl adjacent to an activating group) is 1. The molecule has 0 atom stereocenters. The first-order valence-electron chi connectivity index (χ1n) is 8.67. The van der Waals surface area contributed by atoms with E-state index in [0.29, 0.717) is 30.4 Å². The fraction of sp³-hybridized carbons (Fsp3) is 0.350. The summed E-state index contributed by atoms with van der Waals surface area (Å²) in [6.07, 6.45) is 0. The van der Waals surface area contributed by atoms with Crippen LogP contribution in [0.1, 0.15) is 20.8 Å². The van der Waals surface area contributed by atoms with Crippen molar-refractivity contribution in [1.29, 1.82) is 0 Å². The van der Waals surface area contributed by atoms with E-state index in [2.05, 4.69) is 5.32 Å². The van der Waals surface area contributed by atoms with Gasteiger partial charge in [-0.25, -0.2) is 0 Å². The molecule has 0 saturated heterocycles. The van der Waals surface area contributed by atoms with Crippen LogP contribution >= 0.6 is 0 Å². The molecule has 0 fully saturated rings. The van der Waals surface area contributed by atoms with Gasteiger partial charge in [-0.1, -0.05) is 18.2 Å². The highest BCUT2D eigenvalue weighted by Gasteiger charge is 2.13. The third kappa shape index (κ3) is 5.41. The first kappa shape index (κ1) is 18.6. The van der Waals surface area contributed by atoms with Crippen LogP contribution < -0.4 is 19.7 Å². The number of rotatable bonds is 9. The van der Waals surface area contributed by atoms with Gasteiger partial charge in [-0.15, -0.1) is 0 Å². The van der Waals surface area contributed by atoms with E-state index in [-0.39, 0.29) is 12.5 Å². The van der Waals surface area contributed by atoms with Gasteiger partial charge in [0.05, 0.1) is 25.4 Å². The summed E-state index contributed by atoms with van der Waals surface area (Å²) >= 11 is 0. The van der Waals surface area contributed by atoms with Crippen LogP contribution in [0.15, 0.2) is 48.5 Å². The molecule has 0 saturated carbocycles. The number of hydrogen-bond acceptors (Lipinski definition) is 4. The highest BCUT2D eigenvalue weighted by Crippen LogP contribution is 2.29. The van der Waals surface area contributed by atoms with Gasteiger partial charge in [0.25, 0.3) is 0 Å². The second kappa shape index (κ2) is 9.57. The Morgan fingerprint density at radius 2 is 1.72 bits per heavy atom. The van der Waals surface area contributed by atoms with E-state index in [1.165, 1.54) is 0 Å². The first-order chi connectivity index (χ1) is 12.2. The van der Waals surface area contributed by atoms with Gasteiger partial charge in [0.1, 0.15) is 11.5 Å². The lowest BCUT2D eigenvalue weighted by Crippen LogP contribution is -2.33. The average Bonchev–Trinajstić information content (AvgIpc) is 2.63. The van der Waals surface area contributed by atoms with Gasteiger partial charge in [0.2, 0.25) is 5.91 Å². The van der Waals surface area contributed by atoms with E-state index >= 15 is 0 Å². The number of nitrogens with one attached hydrogen (secondary N) is 1. The van der Waals surface area contributed by atoms with Crippen LogP contribution in [0.3, 0.4) is 0 Å². The van der Waals surface area contributed by atoms with Gasteiger partial charge in [0, 0.05) is 18.3 Å². The molecule has 2 rings (SSSR count). The van der Waals surface area contributed by atoms with Crippen LogP contribution in [0.5, 0.6) is 11.5 Å². The number of anilines is 2. The summed E-state index contributed by atoms with van der Waals surface area (Å²) in [6, 6.07) is 15.3. The number of nitrogens with zero attached hydrogens (tertiary/aromatic N) is 1. The average molecular weight is 342 g/mol. The summed E-state index contributed by atoms with van der Waals surface area (Å²) in [4.78, 5) is 14.5. The van der Waals surface area contributed by atoms with Crippen LogP contribution in [-0.4, -0.2) is 32.2 Å². The fourth-order valence-electron chi connectivity index (χ4n) is 2.53. The summed E-state index contributed by atoms with van der Waals surface area (Å²) in [7, 11) is 0. The zero-order valence-electron chi connectivity index (χ0n) is 15.1. The smallest absolute Gasteiger partial charge is 0.243 e. The Kier molecular flexibility index (Phi) is 7.14. The molecule has 0 radical (unpaired) electrons. The van der Waals surface area contributed by atoms with Gasteiger partial charge < -0.3 is 19.7 Å². The summed E-state index contributed by atoms with van der Waals surface area (Å²) in [6.45, 7) is 7.98. The molecule has 2 aromatic rings. The molecule has 2 aromatic carbocycles. The molecular formula is C20H26N2O3. The number of amides is 1. The standard InChI is InChI=1S/C20H26N2O3/c1-4-22(16-10-8-7-9-11-16)15-20(23)21-18-14-17(24-5-2)12-13-19(18)25-6-3/h7-14H,4-6,15H2,1-3H3,(H,21,23). The molecule has 0 aromatic heterocycles. The second-order valence-electron chi connectivity index (χ2n) is 5.42. The monoisotopic (exact) mass is 342 g/mol. The summed E-state index contributed by atoms with van der Waals surface area (Å²) in [5, 5.41) is 2.94. The van der Waals surface area contributed by atoms with Crippen molar-refractivity contribution in [1.82, 2.24) is 0 Å². The molecule has 0 aliphatic heterocycles. The Labute approximate surface area is 149 Å². The van der Waals surface area contributed by atoms with Crippen LogP contribution in [-0.2, 0) is 4.79 Å². The molecule has 25 heavy (non-hydrogen) atoms. The van der Waals surface area contributed by atoms with Gasteiger partial charge in [-0.2, -0.15) is 0 Å². The lowest BCUT2D eigenvalue weighted by molar-refractivity contribution is -0.115. The number of carbonyl (C=O) groups is 1. The second-order valence-corrected chi connectivity index (χ2v) is 5.42. The molecule has 0 aliphatic carbocycles. The van der Waals surface area contributed by atoms with Crippen molar-refractivity contribution < 1.29 is 14.3 Å². The zero-order valence-corrected chi connectivity index (χ0v) is 15.1. The van der Waals surface area contributed by atoms with Crippen LogP contribution in [0, 0.1) is 0 Å². The van der Waals surface area contributed by atoms with Crippen LogP contribution in [0.2, 0.25) is 0 Å². The highest BCUT2D eigenvalue weighted by molar-refractivity contribution is 5.95. The Balaban J connectivity index is 2.11. The number of hydrogen-bond donors (Lipinski definition) is 1. The molecule has 5 nitrogen and oxygen atoms in total. The Hall–Kier alpha value is -2.69. The van der Waals surface area contributed by atoms with E-state index in [9.17, 15) is 4.79 Å². The Morgan fingerprint density at radius 3 is 2.36 bits per heavy atom. The van der Waals surface area contributed by atoms with E-state index in [4.69, 9.17) is 9.47 Å². The minimum atomic E-state index is -0.0969. The molecule has 0 bridgehead atoms. The lowest BCUT2D eigenvalue weighted by Gasteiger charge is -2.23. The van der Waals surface area contributed by atoms with Gasteiger partial charge >= 0.3 is 0 Å². The summed E-state index contributed by atoms with van der Waals surface area (Å²) in [5.41, 5.74) is 1.65. The largest absolute Gasteiger partial charge is 0.494 e. The topological polar surface area (TPSA) is 50.8 Å². The molecule has 1 amide bonds. The molecule has 0 heterocycles. The maximum absolute atomic E-state index is 12.5. The van der Waals surface area contributed by atoms with E-state index in [1.807, 2.05) is 68.1 Å². The van der Waals surface area contributed by atoms with Crippen molar-refractivity contribution in [2.45, 2.75) is 20.8 Å². The Bertz CT molecular complexity index is 674. The van der Waals surface area contributed by atoms with Crippen molar-refractivity contribution in [3.05, 3.63) is 48.5 Å². The third-order valence-corrected chi connectivity index (χ3v) is 3.67. The quantitative estimate of drug-likeness (QED) is 0.750. The van der Waals surface area contributed by atoms with Crippen LogP contribution in [0.25, 0.3) is 0 Å². The van der Waals surface area contributed by atoms with Crippen molar-refractivity contribution in [3.63, 3.8) is 0 Å². The molecule has 0 spiro atoms. The van der Waals surface area contributed by atoms with E-state index in [1.54, 1.807) is 6.07 Å². The van der Waals surface area contributed by atoms with Crippen molar-refractivity contribution >= 4 is 17.3 Å². The van der Waals surface area contributed by atoms with Gasteiger partial charge in [-0.05, 0) is 45.0 Å². The van der Waals surface area contributed by atoms with Gasteiger partial charge in [0.15, 0.2) is 0 Å². The van der Waals surface area contributed by atoms with Gasteiger partial charge in [-0.3, -0.25) is 4.79 Å². The number of para-hydroxylation sites is 1. The molecule has 5 heteroatoms. The van der Waals surface area contributed by atoms with E-state index < -0.39 is 0 Å². The first-order valence-corrected chi connectivity index (χ1v) is 8.67. The van der Waals surface area contributed by atoms with Crippen LogP contribution in [0.4, 0.5) is 11.4 Å². The summed E-state index contributed by atoms with van der Waals surface area (Å²) in [5.74, 6) is 1.25. The number of ether oxygens (including phenoxy) is 2. The van der Waals surface area contributed by atoms with Crippen molar-refractivity contribution in [2.24, 2.45) is 0 Å². The third-order valence-electron chi connectivity index (χ3n) is 3.67. The maximum Gasteiger partial charge on any atom is 0.243 e. The molecule has 0 aliphatic rings. The molecule has 134 valence electrons. The Morgan fingerprint density at radius 1 is 1.00 bits per heavy atom. The van der Waals surface area contributed by atoms with E-state index in [0.717, 1.165) is 12.2 Å². The minimum absolute atomic E-state index is 0.0969. The molecule has 1 N–H and O–H groups in total. The normalized spacial score (nSPS) is 10.2. The van der Waals surface area contributed by atoms with Crippen molar-refractivity contribution in [2.75, 3.05) is 36.5 Å². The number of benzene rings is 2.